The van der Waals surface area contributed by atoms with Gasteiger partial charge in [-0.1, -0.05) is 12.2 Å². The van der Waals surface area contributed by atoms with Gasteiger partial charge in [-0.2, -0.15) is 12.7 Å². The highest BCUT2D eigenvalue weighted by atomic mass is 32.2. The SMILES string of the molecule is Cn1cccc(C(=O)NCCC2CCN(S(=O)(=O)NC(=O)NC[C@@H]3C[C@@H]4C=C[C@@H]3C4)CC2)c1=O. The van der Waals surface area contributed by atoms with Crippen LogP contribution in [0.25, 0.3) is 0 Å². The molecule has 3 N–H and O–H groups in total. The molecular formula is C23H33N5O5S. The maximum absolute atomic E-state index is 12.6. The second kappa shape index (κ2) is 10.3. The summed E-state index contributed by atoms with van der Waals surface area (Å²) < 4.78 is 30.0. The number of allylic oxidation sites excluding steroid dienone is 2. The Hall–Kier alpha value is -2.66. The Morgan fingerprint density at radius 2 is 1.88 bits per heavy atom. The van der Waals surface area contributed by atoms with Crippen molar-refractivity contribution in [1.82, 2.24) is 24.2 Å². The highest BCUT2D eigenvalue weighted by Gasteiger charge is 2.36. The molecule has 186 valence electrons. The van der Waals surface area contributed by atoms with Gasteiger partial charge >= 0.3 is 16.2 Å². The van der Waals surface area contributed by atoms with Gasteiger partial charge in [0.25, 0.3) is 11.5 Å². The first-order valence-corrected chi connectivity index (χ1v) is 13.3. The molecule has 1 aliphatic heterocycles. The summed E-state index contributed by atoms with van der Waals surface area (Å²) in [5, 5.41) is 5.49. The summed E-state index contributed by atoms with van der Waals surface area (Å²) in [7, 11) is -2.30. The fourth-order valence-corrected chi connectivity index (χ4v) is 6.39. The van der Waals surface area contributed by atoms with Gasteiger partial charge in [0.2, 0.25) is 0 Å². The van der Waals surface area contributed by atoms with Crippen LogP contribution in [0.15, 0.2) is 35.3 Å². The monoisotopic (exact) mass is 491 g/mol. The second-order valence-corrected chi connectivity index (χ2v) is 11.3. The van der Waals surface area contributed by atoms with Crippen molar-refractivity contribution in [2.75, 3.05) is 26.2 Å². The van der Waals surface area contributed by atoms with Crippen LogP contribution in [0, 0.1) is 23.7 Å². The largest absolute Gasteiger partial charge is 0.352 e. The molecule has 11 heteroatoms. The molecule has 1 saturated carbocycles. The minimum absolute atomic E-state index is 0.104. The number of hydrogen-bond donors (Lipinski definition) is 3. The third-order valence-corrected chi connectivity index (χ3v) is 8.77. The van der Waals surface area contributed by atoms with Crippen molar-refractivity contribution in [2.24, 2.45) is 30.7 Å². The highest BCUT2D eigenvalue weighted by Crippen LogP contribution is 2.42. The molecule has 1 aromatic rings. The van der Waals surface area contributed by atoms with Gasteiger partial charge in [0.15, 0.2) is 0 Å². The van der Waals surface area contributed by atoms with Crippen LogP contribution >= 0.6 is 0 Å². The van der Waals surface area contributed by atoms with Gasteiger partial charge in [-0.25, -0.2) is 9.52 Å². The number of piperidine rings is 1. The fourth-order valence-electron chi connectivity index (χ4n) is 5.26. The third-order valence-electron chi connectivity index (χ3n) is 7.28. The zero-order valence-electron chi connectivity index (χ0n) is 19.4. The molecule has 2 fully saturated rings. The van der Waals surface area contributed by atoms with Crippen molar-refractivity contribution < 1.29 is 18.0 Å². The topological polar surface area (TPSA) is 130 Å². The Kier molecular flexibility index (Phi) is 7.42. The molecule has 2 aliphatic carbocycles. The molecular weight excluding hydrogens is 458 g/mol. The first kappa shape index (κ1) is 24.5. The van der Waals surface area contributed by atoms with E-state index in [1.807, 2.05) is 0 Å². The number of rotatable bonds is 8. The predicted molar refractivity (Wildman–Crippen MR) is 127 cm³/mol. The fraction of sp³-hybridized carbons (Fsp3) is 0.609. The third kappa shape index (κ3) is 5.69. The van der Waals surface area contributed by atoms with Crippen LogP contribution < -0.4 is 20.9 Å². The summed E-state index contributed by atoms with van der Waals surface area (Å²) in [6.07, 6.45) is 10.2. The van der Waals surface area contributed by atoms with E-state index in [0.29, 0.717) is 63.2 Å². The van der Waals surface area contributed by atoms with Crippen LogP contribution in [0.1, 0.15) is 42.5 Å². The van der Waals surface area contributed by atoms with Crippen molar-refractivity contribution in [1.29, 1.82) is 0 Å². The van der Waals surface area contributed by atoms with Crippen LogP contribution in [-0.2, 0) is 17.3 Å². The van der Waals surface area contributed by atoms with E-state index in [1.54, 1.807) is 19.3 Å². The van der Waals surface area contributed by atoms with Crippen LogP contribution in [0.5, 0.6) is 0 Å². The summed E-state index contributed by atoms with van der Waals surface area (Å²) in [4.78, 5) is 36.5. The van der Waals surface area contributed by atoms with Crippen molar-refractivity contribution in [2.45, 2.75) is 32.1 Å². The van der Waals surface area contributed by atoms with Crippen molar-refractivity contribution in [3.8, 4) is 0 Å². The molecule has 0 spiro atoms. The van der Waals surface area contributed by atoms with E-state index in [-0.39, 0.29) is 17.0 Å². The van der Waals surface area contributed by atoms with Crippen LogP contribution in [0.4, 0.5) is 4.79 Å². The number of fused-ring (bicyclic) bond motifs is 2. The van der Waals surface area contributed by atoms with Crippen molar-refractivity contribution in [3.05, 3.63) is 46.4 Å². The Morgan fingerprint density at radius 3 is 2.56 bits per heavy atom. The Balaban J connectivity index is 1.16. The van der Waals surface area contributed by atoms with E-state index in [4.69, 9.17) is 0 Å². The summed E-state index contributed by atoms with van der Waals surface area (Å²) >= 11 is 0. The van der Waals surface area contributed by atoms with Gasteiger partial charge in [0, 0.05) is 39.4 Å². The Bertz CT molecular complexity index is 1110. The molecule has 3 aliphatic rings. The Morgan fingerprint density at radius 1 is 1.12 bits per heavy atom. The summed E-state index contributed by atoms with van der Waals surface area (Å²) in [6, 6.07) is 2.47. The average Bonchev–Trinajstić information content (AvgIpc) is 3.43. The molecule has 3 atom stereocenters. The van der Waals surface area contributed by atoms with Crippen LogP contribution in [-0.4, -0.2) is 55.4 Å². The lowest BCUT2D eigenvalue weighted by Gasteiger charge is -2.31. The number of hydrogen-bond acceptors (Lipinski definition) is 5. The van der Waals surface area contributed by atoms with Crippen LogP contribution in [0.3, 0.4) is 0 Å². The number of urea groups is 1. The van der Waals surface area contributed by atoms with E-state index in [0.717, 1.165) is 12.8 Å². The Labute approximate surface area is 200 Å². The van der Waals surface area contributed by atoms with Gasteiger partial charge < -0.3 is 15.2 Å². The maximum atomic E-state index is 12.6. The molecule has 0 radical (unpaired) electrons. The molecule has 1 aromatic heterocycles. The zero-order valence-corrected chi connectivity index (χ0v) is 20.2. The molecule has 34 heavy (non-hydrogen) atoms. The number of aromatic nitrogens is 1. The zero-order chi connectivity index (χ0) is 24.3. The number of amides is 3. The smallest absolute Gasteiger partial charge is 0.329 e. The van der Waals surface area contributed by atoms with E-state index in [9.17, 15) is 22.8 Å². The van der Waals surface area contributed by atoms with Gasteiger partial charge in [-0.05, 0) is 67.9 Å². The minimum Gasteiger partial charge on any atom is -0.352 e. The second-order valence-electron chi connectivity index (χ2n) is 9.58. The molecule has 2 bridgehead atoms. The quantitative estimate of drug-likeness (QED) is 0.467. The van der Waals surface area contributed by atoms with Gasteiger partial charge in [0.1, 0.15) is 5.56 Å². The number of nitrogens with one attached hydrogen (secondary N) is 3. The van der Waals surface area contributed by atoms with Crippen molar-refractivity contribution in [3.63, 3.8) is 0 Å². The first-order valence-electron chi connectivity index (χ1n) is 11.9. The van der Waals surface area contributed by atoms with Crippen LogP contribution in [0.2, 0.25) is 0 Å². The van der Waals surface area contributed by atoms with Gasteiger partial charge in [-0.15, -0.1) is 0 Å². The van der Waals surface area contributed by atoms with E-state index < -0.39 is 22.1 Å². The number of aryl methyl sites for hydroxylation is 1. The summed E-state index contributed by atoms with van der Waals surface area (Å²) in [6.45, 7) is 1.53. The molecule has 2 heterocycles. The van der Waals surface area contributed by atoms with Gasteiger partial charge in [-0.3, -0.25) is 9.59 Å². The molecule has 0 unspecified atom stereocenters. The molecule has 1 saturated heterocycles. The number of carbonyl (C=O) groups is 2. The highest BCUT2D eigenvalue weighted by molar-refractivity contribution is 7.87. The standard InChI is InChI=1S/C23H33N5O5S/c1-27-10-2-3-20(22(27)30)21(29)24-9-6-16-7-11-28(12-8-16)34(32,33)26-23(31)25-15-19-14-17-4-5-18(19)13-17/h2-5,10,16-19H,6-9,11-15H2,1H3,(H,24,29)(H2,25,26,31)/t17-,18-,19+/m1/s1. The number of carbonyl (C=O) groups excluding carboxylic acids is 2. The summed E-state index contributed by atoms with van der Waals surface area (Å²) in [5.41, 5.74) is -0.241. The van der Waals surface area contributed by atoms with Crippen molar-refractivity contribution >= 4 is 22.1 Å². The summed E-state index contributed by atoms with van der Waals surface area (Å²) in [5.74, 6) is 1.32. The van der Waals surface area contributed by atoms with E-state index >= 15 is 0 Å². The van der Waals surface area contributed by atoms with E-state index in [1.165, 1.54) is 14.9 Å². The van der Waals surface area contributed by atoms with E-state index in [2.05, 4.69) is 27.5 Å². The molecule has 0 aromatic carbocycles. The van der Waals surface area contributed by atoms with Gasteiger partial charge in [0.05, 0.1) is 0 Å². The average molecular weight is 492 g/mol. The maximum Gasteiger partial charge on any atom is 0.329 e. The first-order chi connectivity index (χ1) is 16.2. The lowest BCUT2D eigenvalue weighted by molar-refractivity contribution is 0.0948. The number of nitrogens with zero attached hydrogens (tertiary/aromatic N) is 2. The molecule has 3 amide bonds. The number of pyridine rings is 1. The lowest BCUT2D eigenvalue weighted by Crippen LogP contribution is -2.50. The normalized spacial score (nSPS) is 24.8. The lowest BCUT2D eigenvalue weighted by atomic mass is 9.94. The minimum atomic E-state index is -3.89. The molecule has 10 nitrogen and oxygen atoms in total. The predicted octanol–water partition coefficient (Wildman–Crippen LogP) is 0.973. The molecule has 4 rings (SSSR count).